The Kier molecular flexibility index (Phi) is 6.91. The molecule has 0 saturated carbocycles. The predicted molar refractivity (Wildman–Crippen MR) is 79.2 cm³/mol. The summed E-state index contributed by atoms with van der Waals surface area (Å²) in [5.41, 5.74) is 1.01. The second-order valence-electron chi connectivity index (χ2n) is 4.66. The minimum absolute atomic E-state index is 0.0682. The van der Waals surface area contributed by atoms with Crippen LogP contribution in [0.1, 0.15) is 25.3 Å². The van der Waals surface area contributed by atoms with Crippen LogP contribution in [-0.2, 0) is 19.0 Å². The van der Waals surface area contributed by atoms with Gasteiger partial charge in [-0.15, -0.1) is 6.58 Å². The van der Waals surface area contributed by atoms with Gasteiger partial charge in [0, 0.05) is 0 Å². The molecule has 0 spiro atoms. The van der Waals surface area contributed by atoms with Crippen LogP contribution in [0.15, 0.2) is 41.8 Å². The van der Waals surface area contributed by atoms with E-state index in [1.54, 1.807) is 30.3 Å². The molecule has 0 radical (unpaired) electrons. The lowest BCUT2D eigenvalue weighted by Gasteiger charge is -2.11. The topological polar surface area (TPSA) is 52.6 Å². The fourth-order valence-corrected chi connectivity index (χ4v) is 2.57. The third-order valence-corrected chi connectivity index (χ3v) is 4.13. The maximum absolute atomic E-state index is 11.9. The van der Waals surface area contributed by atoms with E-state index >= 15 is 0 Å². The zero-order valence-corrected chi connectivity index (χ0v) is 12.9. The van der Waals surface area contributed by atoms with Gasteiger partial charge in [-0.2, -0.15) is 8.42 Å². The summed E-state index contributed by atoms with van der Waals surface area (Å²) in [4.78, 5) is 0.194. The van der Waals surface area contributed by atoms with Crippen molar-refractivity contribution in [2.45, 2.75) is 37.7 Å². The summed E-state index contributed by atoms with van der Waals surface area (Å²) in [6.45, 7) is 8.09. The molecule has 0 bridgehead atoms. The lowest BCUT2D eigenvalue weighted by Crippen LogP contribution is -2.12. The number of hydrogen-bond acceptors (Lipinski definition) is 4. The van der Waals surface area contributed by atoms with Crippen molar-refractivity contribution in [2.75, 3.05) is 13.2 Å². The van der Waals surface area contributed by atoms with Crippen LogP contribution in [0, 0.1) is 6.92 Å². The summed E-state index contributed by atoms with van der Waals surface area (Å²) in [5.74, 6) is 0. The highest BCUT2D eigenvalue weighted by atomic mass is 32.2. The average Bonchev–Trinajstić information content (AvgIpc) is 2.42. The van der Waals surface area contributed by atoms with Gasteiger partial charge in [-0.3, -0.25) is 4.18 Å². The Bertz CT molecular complexity index is 505. The first kappa shape index (κ1) is 16.9. The van der Waals surface area contributed by atoms with Gasteiger partial charge in [0.25, 0.3) is 10.1 Å². The zero-order chi connectivity index (χ0) is 15.0. The van der Waals surface area contributed by atoms with Crippen LogP contribution < -0.4 is 0 Å². The van der Waals surface area contributed by atoms with Crippen LogP contribution in [0.5, 0.6) is 0 Å². The first-order chi connectivity index (χ1) is 9.45. The van der Waals surface area contributed by atoms with Gasteiger partial charge in [-0.25, -0.2) is 0 Å². The van der Waals surface area contributed by atoms with E-state index < -0.39 is 10.1 Å². The average molecular weight is 298 g/mol. The van der Waals surface area contributed by atoms with Crippen molar-refractivity contribution in [2.24, 2.45) is 0 Å². The fraction of sp³-hybridized carbons (Fsp3) is 0.467. The fourth-order valence-electron chi connectivity index (χ4n) is 1.63. The third kappa shape index (κ3) is 5.86. The van der Waals surface area contributed by atoms with Crippen LogP contribution in [0.3, 0.4) is 0 Å². The standard InChI is InChI=1S/C15H22O4S/c1-4-11-18-14(3)6-5-12-19-20(16,17)15-9-7-13(2)8-10-15/h4,7-10,14H,1,5-6,11-12H2,2-3H3. The zero-order valence-electron chi connectivity index (χ0n) is 12.0. The molecule has 1 aromatic carbocycles. The SMILES string of the molecule is C=CCOC(C)CCCOS(=O)(=O)c1ccc(C)cc1. The number of rotatable bonds is 9. The van der Waals surface area contributed by atoms with Crippen LogP contribution in [0.2, 0.25) is 0 Å². The van der Waals surface area contributed by atoms with E-state index in [0.717, 1.165) is 12.0 Å². The van der Waals surface area contributed by atoms with E-state index in [1.807, 2.05) is 13.8 Å². The molecular weight excluding hydrogens is 276 g/mol. The monoisotopic (exact) mass is 298 g/mol. The van der Waals surface area contributed by atoms with E-state index in [-0.39, 0.29) is 17.6 Å². The molecule has 0 heterocycles. The van der Waals surface area contributed by atoms with Crippen molar-refractivity contribution in [1.82, 2.24) is 0 Å². The summed E-state index contributed by atoms with van der Waals surface area (Å²) in [5, 5.41) is 0. The minimum Gasteiger partial charge on any atom is -0.374 e. The number of aryl methyl sites for hydroxylation is 1. The van der Waals surface area contributed by atoms with Gasteiger partial charge < -0.3 is 4.74 Å². The molecule has 0 amide bonds. The molecule has 1 rings (SSSR count). The van der Waals surface area contributed by atoms with E-state index in [2.05, 4.69) is 6.58 Å². The van der Waals surface area contributed by atoms with Crippen LogP contribution in [-0.4, -0.2) is 27.7 Å². The first-order valence-electron chi connectivity index (χ1n) is 6.64. The van der Waals surface area contributed by atoms with Crippen LogP contribution in [0.25, 0.3) is 0 Å². The maximum Gasteiger partial charge on any atom is 0.296 e. The van der Waals surface area contributed by atoms with Crippen molar-refractivity contribution in [3.63, 3.8) is 0 Å². The molecule has 20 heavy (non-hydrogen) atoms. The van der Waals surface area contributed by atoms with Gasteiger partial charge >= 0.3 is 0 Å². The van der Waals surface area contributed by atoms with Gasteiger partial charge in [0.2, 0.25) is 0 Å². The number of benzene rings is 1. The van der Waals surface area contributed by atoms with Gasteiger partial charge in [-0.05, 0) is 38.8 Å². The molecular formula is C15H22O4S. The number of ether oxygens (including phenoxy) is 1. The Hall–Kier alpha value is -1.17. The molecule has 1 unspecified atom stereocenters. The summed E-state index contributed by atoms with van der Waals surface area (Å²) in [7, 11) is -3.65. The van der Waals surface area contributed by atoms with Crippen molar-refractivity contribution in [3.8, 4) is 0 Å². The Morgan fingerprint density at radius 3 is 2.55 bits per heavy atom. The van der Waals surface area contributed by atoms with E-state index in [0.29, 0.717) is 13.0 Å². The molecule has 0 aliphatic rings. The van der Waals surface area contributed by atoms with Crippen molar-refractivity contribution < 1.29 is 17.3 Å². The Balaban J connectivity index is 2.37. The van der Waals surface area contributed by atoms with Crippen molar-refractivity contribution in [3.05, 3.63) is 42.5 Å². The molecule has 4 nitrogen and oxygen atoms in total. The summed E-state index contributed by atoms with van der Waals surface area (Å²) >= 11 is 0. The molecule has 112 valence electrons. The highest BCUT2D eigenvalue weighted by Gasteiger charge is 2.14. The molecule has 5 heteroatoms. The highest BCUT2D eigenvalue weighted by Crippen LogP contribution is 2.14. The van der Waals surface area contributed by atoms with Gasteiger partial charge in [0.1, 0.15) is 0 Å². The summed E-state index contributed by atoms with van der Waals surface area (Å²) < 4.78 is 34.2. The van der Waals surface area contributed by atoms with E-state index in [4.69, 9.17) is 8.92 Å². The second kappa shape index (κ2) is 8.19. The van der Waals surface area contributed by atoms with Gasteiger partial charge in [0.05, 0.1) is 24.2 Å². The molecule has 1 aromatic rings. The summed E-state index contributed by atoms with van der Waals surface area (Å²) in [6, 6.07) is 6.61. The largest absolute Gasteiger partial charge is 0.374 e. The van der Waals surface area contributed by atoms with Gasteiger partial charge in [-0.1, -0.05) is 23.8 Å². The highest BCUT2D eigenvalue weighted by molar-refractivity contribution is 7.86. The second-order valence-corrected chi connectivity index (χ2v) is 6.28. The first-order valence-corrected chi connectivity index (χ1v) is 8.05. The van der Waals surface area contributed by atoms with Crippen LogP contribution >= 0.6 is 0 Å². The lowest BCUT2D eigenvalue weighted by atomic mass is 10.2. The molecule has 0 N–H and O–H groups in total. The van der Waals surface area contributed by atoms with Crippen molar-refractivity contribution >= 4 is 10.1 Å². The maximum atomic E-state index is 11.9. The third-order valence-electron chi connectivity index (χ3n) is 2.80. The van der Waals surface area contributed by atoms with Gasteiger partial charge in [0.15, 0.2) is 0 Å². The van der Waals surface area contributed by atoms with E-state index in [1.165, 1.54) is 0 Å². The number of hydrogen-bond donors (Lipinski definition) is 0. The molecule has 0 aliphatic carbocycles. The normalized spacial score (nSPS) is 13.1. The minimum atomic E-state index is -3.65. The summed E-state index contributed by atoms with van der Waals surface area (Å²) in [6.07, 6.45) is 3.13. The van der Waals surface area contributed by atoms with E-state index in [9.17, 15) is 8.42 Å². The molecule has 0 fully saturated rings. The lowest BCUT2D eigenvalue weighted by molar-refractivity contribution is 0.0771. The quantitative estimate of drug-likeness (QED) is 0.399. The Morgan fingerprint density at radius 2 is 1.95 bits per heavy atom. The molecule has 1 atom stereocenters. The molecule has 0 saturated heterocycles. The molecule has 0 aromatic heterocycles. The predicted octanol–water partition coefficient (Wildman–Crippen LogP) is 3.07. The molecule has 0 aliphatic heterocycles. The Labute approximate surface area is 121 Å². The van der Waals surface area contributed by atoms with Crippen molar-refractivity contribution in [1.29, 1.82) is 0 Å². The Morgan fingerprint density at radius 1 is 1.30 bits per heavy atom. The van der Waals surface area contributed by atoms with Crippen LogP contribution in [0.4, 0.5) is 0 Å². The smallest absolute Gasteiger partial charge is 0.296 e.